The maximum absolute atomic E-state index is 13.1. The summed E-state index contributed by atoms with van der Waals surface area (Å²) < 4.78 is 10.6. The number of ketones is 1. The van der Waals surface area contributed by atoms with Gasteiger partial charge in [-0.3, -0.25) is 4.79 Å². The molecule has 178 valence electrons. The highest BCUT2D eigenvalue weighted by Crippen LogP contribution is 2.35. The van der Waals surface area contributed by atoms with Crippen molar-refractivity contribution in [2.24, 2.45) is 0 Å². The lowest BCUT2D eigenvalue weighted by Crippen LogP contribution is -2.59. The number of phenolic OH excluding ortho intramolecular Hbond substituents is 5. The number of hydrogen-bond acceptors (Lipinski definition) is 12. The fraction of sp³-hybridized carbons (Fsp3) is 0.286. The first-order chi connectivity index (χ1) is 15.5. The van der Waals surface area contributed by atoms with Crippen LogP contribution in [0.3, 0.4) is 0 Å². The van der Waals surface area contributed by atoms with Crippen LogP contribution in [0.4, 0.5) is 0 Å². The van der Waals surface area contributed by atoms with E-state index < -0.39 is 77.6 Å². The van der Waals surface area contributed by atoms with E-state index in [0.717, 1.165) is 36.4 Å². The van der Waals surface area contributed by atoms with Crippen molar-refractivity contribution in [1.29, 1.82) is 0 Å². The van der Waals surface area contributed by atoms with Crippen molar-refractivity contribution in [2.45, 2.75) is 30.7 Å². The summed E-state index contributed by atoms with van der Waals surface area (Å²) in [5.41, 5.74) is -0.595. The second-order valence-corrected chi connectivity index (χ2v) is 7.25. The van der Waals surface area contributed by atoms with Gasteiger partial charge in [0.2, 0.25) is 12.1 Å². The van der Waals surface area contributed by atoms with Crippen LogP contribution in [0, 0.1) is 0 Å². The monoisotopic (exact) mass is 466 g/mol. The molecule has 2 aromatic carbocycles. The first-order valence-electron chi connectivity index (χ1n) is 9.54. The smallest absolute Gasteiger partial charge is 0.229 e. The topological polar surface area (TPSA) is 218 Å². The molecule has 0 bridgehead atoms. The SMILES string of the molecule is O=C(/C(=C/c1c(O)cc(O)cc1O)O[C@@H]1O[C@H](CO)[C@@H](O)[C@H](O)[C@H]1O)c1ccc(O)c(O)c1. The molecule has 1 saturated heterocycles. The van der Waals surface area contributed by atoms with E-state index >= 15 is 0 Å². The molecule has 12 nitrogen and oxygen atoms in total. The summed E-state index contributed by atoms with van der Waals surface area (Å²) in [5, 5.41) is 88.3. The highest BCUT2D eigenvalue weighted by Gasteiger charge is 2.45. The van der Waals surface area contributed by atoms with E-state index in [0.29, 0.717) is 0 Å². The number of phenols is 5. The van der Waals surface area contributed by atoms with Crippen molar-refractivity contribution in [3.63, 3.8) is 0 Å². The van der Waals surface area contributed by atoms with Gasteiger partial charge in [0.25, 0.3) is 0 Å². The molecule has 5 atom stereocenters. The van der Waals surface area contributed by atoms with Gasteiger partial charge in [0, 0.05) is 17.7 Å². The lowest BCUT2D eigenvalue weighted by Gasteiger charge is -2.39. The molecule has 1 heterocycles. The molecular weight excluding hydrogens is 444 g/mol. The van der Waals surface area contributed by atoms with Gasteiger partial charge in [0.1, 0.15) is 41.7 Å². The van der Waals surface area contributed by atoms with Crippen LogP contribution in [0.2, 0.25) is 0 Å². The fourth-order valence-corrected chi connectivity index (χ4v) is 3.14. The van der Waals surface area contributed by atoms with Gasteiger partial charge >= 0.3 is 0 Å². The number of rotatable bonds is 6. The second kappa shape index (κ2) is 9.52. The molecule has 9 N–H and O–H groups in total. The van der Waals surface area contributed by atoms with Crippen LogP contribution < -0.4 is 0 Å². The summed E-state index contributed by atoms with van der Waals surface area (Å²) in [7, 11) is 0. The van der Waals surface area contributed by atoms with Gasteiger partial charge in [-0.25, -0.2) is 0 Å². The number of ether oxygens (including phenoxy) is 2. The molecular formula is C21H22O12. The number of hydrogen-bond donors (Lipinski definition) is 9. The summed E-state index contributed by atoms with van der Waals surface area (Å²) in [4.78, 5) is 13.1. The molecule has 0 saturated carbocycles. The molecule has 3 rings (SSSR count). The van der Waals surface area contributed by atoms with Crippen LogP contribution >= 0.6 is 0 Å². The minimum Gasteiger partial charge on any atom is -0.508 e. The van der Waals surface area contributed by atoms with Gasteiger partial charge in [0.05, 0.1) is 12.2 Å². The number of aliphatic hydroxyl groups is 4. The van der Waals surface area contributed by atoms with E-state index in [1.807, 2.05) is 0 Å². The zero-order valence-electron chi connectivity index (χ0n) is 16.8. The van der Waals surface area contributed by atoms with Gasteiger partial charge in [-0.1, -0.05) is 0 Å². The lowest BCUT2D eigenvalue weighted by molar-refractivity contribution is -0.289. The predicted molar refractivity (Wildman–Crippen MR) is 108 cm³/mol. The summed E-state index contributed by atoms with van der Waals surface area (Å²) in [6.45, 7) is -0.761. The fourth-order valence-electron chi connectivity index (χ4n) is 3.14. The van der Waals surface area contributed by atoms with E-state index in [1.54, 1.807) is 0 Å². The average Bonchev–Trinajstić information content (AvgIpc) is 2.76. The largest absolute Gasteiger partial charge is 0.508 e. The first kappa shape index (κ1) is 24.1. The third-order valence-corrected chi connectivity index (χ3v) is 4.95. The van der Waals surface area contributed by atoms with Crippen LogP contribution in [-0.2, 0) is 9.47 Å². The molecule has 0 aromatic heterocycles. The molecule has 0 spiro atoms. The summed E-state index contributed by atoms with van der Waals surface area (Å²) in [6.07, 6.45) is -7.68. The standard InChI is InChI=1S/C21H22O12/c22-7-16-18(29)19(30)20(31)21(33-16)32-15(6-10-12(25)4-9(23)5-13(10)26)17(28)8-1-2-11(24)14(27)3-8/h1-6,16,18-27,29-31H,7H2/b15-6-/t16-,18-,19+,20-,21-/m1/s1. The highest BCUT2D eigenvalue weighted by atomic mass is 16.7. The Kier molecular flexibility index (Phi) is 6.95. The minimum atomic E-state index is -1.88. The Hall–Kier alpha value is -3.55. The Balaban J connectivity index is 2.05. The maximum atomic E-state index is 13.1. The number of allylic oxidation sites excluding steroid dienone is 1. The molecule has 1 fully saturated rings. The molecule has 1 aliphatic heterocycles. The van der Waals surface area contributed by atoms with Crippen LogP contribution in [0.5, 0.6) is 28.7 Å². The number of carbonyl (C=O) groups is 1. The Morgan fingerprint density at radius 3 is 2.09 bits per heavy atom. The highest BCUT2D eigenvalue weighted by molar-refractivity contribution is 6.10. The van der Waals surface area contributed by atoms with E-state index in [2.05, 4.69) is 0 Å². The molecule has 1 aliphatic rings. The van der Waals surface area contributed by atoms with E-state index in [1.165, 1.54) is 0 Å². The minimum absolute atomic E-state index is 0.223. The quantitative estimate of drug-likeness (QED) is 0.111. The van der Waals surface area contributed by atoms with E-state index in [9.17, 15) is 50.8 Å². The molecule has 0 amide bonds. The third kappa shape index (κ3) is 4.94. The van der Waals surface area contributed by atoms with Crippen molar-refractivity contribution < 1.29 is 60.2 Å². The lowest BCUT2D eigenvalue weighted by atomic mass is 9.99. The number of Topliss-reactive ketones (excluding diaryl/α,β-unsaturated/α-hetero) is 1. The summed E-state index contributed by atoms with van der Waals surface area (Å²) in [6, 6.07) is 4.78. The Bertz CT molecular complexity index is 1040. The van der Waals surface area contributed by atoms with Crippen LogP contribution in [0.15, 0.2) is 36.1 Å². The van der Waals surface area contributed by atoms with Crippen molar-refractivity contribution in [1.82, 2.24) is 0 Å². The maximum Gasteiger partial charge on any atom is 0.229 e. The first-order valence-corrected chi connectivity index (χ1v) is 9.54. The van der Waals surface area contributed by atoms with Crippen molar-refractivity contribution >= 4 is 11.9 Å². The number of carbonyl (C=O) groups excluding carboxylic acids is 1. The Morgan fingerprint density at radius 2 is 1.52 bits per heavy atom. The molecule has 33 heavy (non-hydrogen) atoms. The van der Waals surface area contributed by atoms with Crippen molar-refractivity contribution in [2.75, 3.05) is 6.61 Å². The zero-order valence-corrected chi connectivity index (χ0v) is 16.8. The van der Waals surface area contributed by atoms with Gasteiger partial charge in [-0.2, -0.15) is 0 Å². The molecule has 12 heteroatoms. The zero-order chi connectivity index (χ0) is 24.4. The van der Waals surface area contributed by atoms with Gasteiger partial charge in [-0.15, -0.1) is 0 Å². The van der Waals surface area contributed by atoms with Gasteiger partial charge in [-0.05, 0) is 24.3 Å². The predicted octanol–water partition coefficient (Wildman–Crippen LogP) is -0.745. The number of benzene rings is 2. The molecule has 0 unspecified atom stereocenters. The summed E-state index contributed by atoms with van der Waals surface area (Å²) >= 11 is 0. The average molecular weight is 466 g/mol. The Morgan fingerprint density at radius 1 is 0.879 bits per heavy atom. The second-order valence-electron chi connectivity index (χ2n) is 7.25. The number of aromatic hydroxyl groups is 5. The molecule has 2 aromatic rings. The number of aliphatic hydroxyl groups excluding tert-OH is 4. The normalized spacial score (nSPS) is 25.6. The Labute approximate surface area is 186 Å². The van der Waals surface area contributed by atoms with Crippen LogP contribution in [0.1, 0.15) is 15.9 Å². The van der Waals surface area contributed by atoms with Gasteiger partial charge in [0.15, 0.2) is 17.3 Å². The molecule has 0 aliphatic carbocycles. The van der Waals surface area contributed by atoms with E-state index in [-0.39, 0.29) is 11.1 Å². The third-order valence-electron chi connectivity index (χ3n) is 4.95. The molecule has 0 radical (unpaired) electrons. The van der Waals surface area contributed by atoms with E-state index in [4.69, 9.17) is 9.47 Å². The van der Waals surface area contributed by atoms with Crippen LogP contribution in [0.25, 0.3) is 6.08 Å². The van der Waals surface area contributed by atoms with Crippen molar-refractivity contribution in [3.8, 4) is 28.7 Å². The van der Waals surface area contributed by atoms with Crippen LogP contribution in [-0.4, -0.2) is 89.1 Å². The summed E-state index contributed by atoms with van der Waals surface area (Å²) in [5.74, 6) is -4.58. The van der Waals surface area contributed by atoms with Gasteiger partial charge < -0.3 is 55.4 Å². The van der Waals surface area contributed by atoms with Crippen molar-refractivity contribution in [3.05, 3.63) is 47.2 Å².